The first kappa shape index (κ1) is 17.7. The minimum Gasteiger partial charge on any atom is -0.384 e. The molecule has 1 saturated heterocycles. The van der Waals surface area contributed by atoms with E-state index in [0.29, 0.717) is 18.0 Å². The van der Waals surface area contributed by atoms with Gasteiger partial charge in [0.05, 0.1) is 11.5 Å². The third-order valence-corrected chi connectivity index (χ3v) is 6.28. The predicted molar refractivity (Wildman–Crippen MR) is 89.8 cm³/mol. The standard InChI is InChI=1S/C15H24N2O3S2/c1-20-12-15(7-9-16-10-8-15)11-17-22(18,19)14-5-3-13(21-2)4-6-14/h3-6,16-17H,7-12H2,1-2H3. The molecule has 0 spiro atoms. The summed E-state index contributed by atoms with van der Waals surface area (Å²) in [6.07, 6.45) is 3.79. The Balaban J connectivity index is 2.06. The highest BCUT2D eigenvalue weighted by molar-refractivity contribution is 7.98. The van der Waals surface area contributed by atoms with Crippen molar-refractivity contribution in [3.8, 4) is 0 Å². The van der Waals surface area contributed by atoms with Crippen LogP contribution in [0.5, 0.6) is 0 Å². The Morgan fingerprint density at radius 2 is 1.91 bits per heavy atom. The minimum absolute atomic E-state index is 0.119. The third kappa shape index (κ3) is 4.45. The van der Waals surface area contributed by atoms with Crippen LogP contribution in [-0.4, -0.2) is 48.0 Å². The number of nitrogens with one attached hydrogen (secondary N) is 2. The molecule has 0 aromatic heterocycles. The van der Waals surface area contributed by atoms with Crippen molar-refractivity contribution in [3.63, 3.8) is 0 Å². The molecule has 0 atom stereocenters. The van der Waals surface area contributed by atoms with Gasteiger partial charge in [0.2, 0.25) is 10.0 Å². The topological polar surface area (TPSA) is 67.4 Å². The van der Waals surface area contributed by atoms with Crippen LogP contribution in [0.15, 0.2) is 34.1 Å². The summed E-state index contributed by atoms with van der Waals surface area (Å²) in [4.78, 5) is 1.36. The Kier molecular flexibility index (Phi) is 6.28. The van der Waals surface area contributed by atoms with Gasteiger partial charge in [0.25, 0.3) is 0 Å². The Hall–Kier alpha value is -0.600. The summed E-state index contributed by atoms with van der Waals surface area (Å²) in [7, 11) is -1.81. The maximum Gasteiger partial charge on any atom is 0.240 e. The molecular formula is C15H24N2O3S2. The number of hydrogen-bond acceptors (Lipinski definition) is 5. The van der Waals surface area contributed by atoms with Crippen molar-refractivity contribution in [1.29, 1.82) is 0 Å². The van der Waals surface area contributed by atoms with Gasteiger partial charge in [-0.1, -0.05) is 0 Å². The summed E-state index contributed by atoms with van der Waals surface area (Å²) in [5, 5.41) is 3.30. The van der Waals surface area contributed by atoms with Gasteiger partial charge in [0.1, 0.15) is 0 Å². The molecule has 0 aliphatic carbocycles. The van der Waals surface area contributed by atoms with Gasteiger partial charge in [-0.3, -0.25) is 0 Å². The van der Waals surface area contributed by atoms with Gasteiger partial charge < -0.3 is 10.1 Å². The second kappa shape index (κ2) is 7.79. The van der Waals surface area contributed by atoms with Gasteiger partial charge in [-0.2, -0.15) is 0 Å². The van der Waals surface area contributed by atoms with Crippen LogP contribution < -0.4 is 10.0 Å². The van der Waals surface area contributed by atoms with Crippen LogP contribution in [0.2, 0.25) is 0 Å². The van der Waals surface area contributed by atoms with Gasteiger partial charge in [-0.15, -0.1) is 11.8 Å². The molecule has 2 rings (SSSR count). The van der Waals surface area contributed by atoms with Crippen LogP contribution in [0.3, 0.4) is 0 Å². The molecule has 0 bridgehead atoms. The highest BCUT2D eigenvalue weighted by Gasteiger charge is 2.33. The lowest BCUT2D eigenvalue weighted by Crippen LogP contribution is -2.47. The van der Waals surface area contributed by atoms with E-state index >= 15 is 0 Å². The molecule has 7 heteroatoms. The molecule has 5 nitrogen and oxygen atoms in total. The highest BCUT2D eigenvalue weighted by Crippen LogP contribution is 2.29. The highest BCUT2D eigenvalue weighted by atomic mass is 32.2. The maximum absolute atomic E-state index is 12.4. The Morgan fingerprint density at radius 1 is 1.27 bits per heavy atom. The largest absolute Gasteiger partial charge is 0.384 e. The SMILES string of the molecule is COCC1(CNS(=O)(=O)c2ccc(SC)cc2)CCNCC1. The average molecular weight is 345 g/mol. The molecule has 0 saturated carbocycles. The molecule has 1 aliphatic heterocycles. The molecule has 2 N–H and O–H groups in total. The van der Waals surface area contributed by atoms with Gasteiger partial charge in [-0.05, 0) is 56.5 Å². The molecule has 1 fully saturated rings. The number of methoxy groups -OCH3 is 1. The summed E-state index contributed by atoms with van der Waals surface area (Å²) in [5.74, 6) is 0. The van der Waals surface area contributed by atoms with Crippen LogP contribution >= 0.6 is 11.8 Å². The fourth-order valence-electron chi connectivity index (χ4n) is 2.72. The fraction of sp³-hybridized carbons (Fsp3) is 0.600. The number of rotatable bonds is 7. The Labute approximate surface area is 137 Å². The lowest BCUT2D eigenvalue weighted by atomic mass is 9.80. The van der Waals surface area contributed by atoms with Crippen LogP contribution in [0.4, 0.5) is 0 Å². The number of hydrogen-bond donors (Lipinski definition) is 2. The van der Waals surface area contributed by atoms with Crippen molar-refractivity contribution in [2.24, 2.45) is 5.41 Å². The second-order valence-electron chi connectivity index (χ2n) is 5.68. The number of sulfonamides is 1. The van der Waals surface area contributed by atoms with Crippen molar-refractivity contribution in [3.05, 3.63) is 24.3 Å². The molecular weight excluding hydrogens is 320 g/mol. The monoisotopic (exact) mass is 344 g/mol. The van der Waals surface area contributed by atoms with E-state index in [4.69, 9.17) is 4.74 Å². The maximum atomic E-state index is 12.4. The summed E-state index contributed by atoms with van der Waals surface area (Å²) in [6, 6.07) is 6.96. The van der Waals surface area contributed by atoms with Crippen molar-refractivity contribution in [2.45, 2.75) is 22.6 Å². The lowest BCUT2D eigenvalue weighted by Gasteiger charge is -2.37. The molecule has 1 aromatic carbocycles. The average Bonchev–Trinajstić information content (AvgIpc) is 2.54. The first-order valence-corrected chi connectivity index (χ1v) is 10.1. The van der Waals surface area contributed by atoms with Crippen LogP contribution in [0.25, 0.3) is 0 Å². The molecule has 1 aromatic rings. The zero-order valence-electron chi connectivity index (χ0n) is 13.1. The van der Waals surface area contributed by atoms with E-state index in [-0.39, 0.29) is 5.41 Å². The zero-order valence-corrected chi connectivity index (χ0v) is 14.7. The zero-order chi connectivity index (χ0) is 16.1. The lowest BCUT2D eigenvalue weighted by molar-refractivity contribution is 0.0577. The Bertz CT molecular complexity index is 561. The second-order valence-corrected chi connectivity index (χ2v) is 8.33. The van der Waals surface area contributed by atoms with E-state index in [1.54, 1.807) is 31.0 Å². The molecule has 22 heavy (non-hydrogen) atoms. The molecule has 1 heterocycles. The van der Waals surface area contributed by atoms with Gasteiger partial charge in [-0.25, -0.2) is 13.1 Å². The van der Waals surface area contributed by atoms with E-state index < -0.39 is 10.0 Å². The molecule has 1 aliphatic rings. The number of ether oxygens (including phenoxy) is 1. The van der Waals surface area contributed by atoms with E-state index in [1.807, 2.05) is 18.4 Å². The minimum atomic E-state index is -3.48. The van der Waals surface area contributed by atoms with Crippen LogP contribution in [0.1, 0.15) is 12.8 Å². The van der Waals surface area contributed by atoms with Crippen molar-refractivity contribution < 1.29 is 13.2 Å². The smallest absolute Gasteiger partial charge is 0.240 e. The first-order valence-electron chi connectivity index (χ1n) is 7.35. The quantitative estimate of drug-likeness (QED) is 0.737. The van der Waals surface area contributed by atoms with Crippen molar-refractivity contribution in [2.75, 3.05) is 39.6 Å². The molecule has 124 valence electrons. The summed E-state index contributed by atoms with van der Waals surface area (Å²) < 4.78 is 33.0. The number of piperidine rings is 1. The van der Waals surface area contributed by atoms with Crippen molar-refractivity contribution >= 4 is 21.8 Å². The van der Waals surface area contributed by atoms with E-state index in [0.717, 1.165) is 30.8 Å². The first-order chi connectivity index (χ1) is 10.5. The third-order valence-electron chi connectivity index (χ3n) is 4.12. The fourth-order valence-corrected chi connectivity index (χ4v) is 4.29. The van der Waals surface area contributed by atoms with Gasteiger partial charge >= 0.3 is 0 Å². The normalized spacial score (nSPS) is 18.3. The van der Waals surface area contributed by atoms with Crippen LogP contribution in [-0.2, 0) is 14.8 Å². The van der Waals surface area contributed by atoms with Crippen LogP contribution in [0, 0.1) is 5.41 Å². The predicted octanol–water partition coefficient (Wildman–Crippen LogP) is 1.70. The summed E-state index contributed by atoms with van der Waals surface area (Å²) in [6.45, 7) is 2.78. The number of benzene rings is 1. The molecule has 0 radical (unpaired) electrons. The summed E-state index contributed by atoms with van der Waals surface area (Å²) >= 11 is 1.59. The van der Waals surface area contributed by atoms with E-state index in [9.17, 15) is 8.42 Å². The molecule has 0 amide bonds. The summed E-state index contributed by atoms with van der Waals surface area (Å²) in [5.41, 5.74) is -0.119. The van der Waals surface area contributed by atoms with Gasteiger partial charge in [0.15, 0.2) is 0 Å². The van der Waals surface area contributed by atoms with Crippen molar-refractivity contribution in [1.82, 2.24) is 10.0 Å². The van der Waals surface area contributed by atoms with E-state index in [1.165, 1.54) is 0 Å². The molecule has 0 unspecified atom stereocenters. The Morgan fingerprint density at radius 3 is 2.45 bits per heavy atom. The van der Waals surface area contributed by atoms with Gasteiger partial charge in [0, 0.05) is 24.0 Å². The number of thioether (sulfide) groups is 1. The van der Waals surface area contributed by atoms with E-state index in [2.05, 4.69) is 10.0 Å².